The van der Waals surface area contributed by atoms with Gasteiger partial charge in [0.1, 0.15) is 5.71 Å². The molecule has 0 aromatic heterocycles. The summed E-state index contributed by atoms with van der Waals surface area (Å²) in [7, 11) is 2.10. The first-order valence-electron chi connectivity index (χ1n) is 6.89. The maximum atomic E-state index is 11.7. The molecule has 1 saturated heterocycles. The van der Waals surface area contributed by atoms with Gasteiger partial charge in [0.2, 0.25) is 5.91 Å². The molecule has 6 nitrogen and oxygen atoms in total. The molecule has 1 fully saturated rings. The molecule has 0 aromatic rings. The zero-order chi connectivity index (χ0) is 13.8. The first kappa shape index (κ1) is 14.0. The predicted molar refractivity (Wildman–Crippen MR) is 70.9 cm³/mol. The zero-order valence-corrected chi connectivity index (χ0v) is 11.3. The van der Waals surface area contributed by atoms with Crippen LogP contribution in [0.4, 0.5) is 0 Å². The highest BCUT2D eigenvalue weighted by molar-refractivity contribution is 6.36. The molecule has 0 radical (unpaired) electrons. The fraction of sp³-hybridized carbons (Fsp3) is 0.769. The summed E-state index contributed by atoms with van der Waals surface area (Å²) in [5.74, 6) is -1.09. The highest BCUT2D eigenvalue weighted by Crippen LogP contribution is 2.19. The molecular formula is C13H21N3O3. The molecule has 0 bridgehead atoms. The van der Waals surface area contributed by atoms with Crippen LogP contribution in [-0.4, -0.2) is 58.8 Å². The van der Waals surface area contributed by atoms with Crippen molar-refractivity contribution in [2.75, 3.05) is 20.1 Å². The van der Waals surface area contributed by atoms with Gasteiger partial charge in [-0.05, 0) is 32.9 Å². The van der Waals surface area contributed by atoms with Crippen LogP contribution in [0.2, 0.25) is 0 Å². The van der Waals surface area contributed by atoms with E-state index in [1.54, 1.807) is 0 Å². The van der Waals surface area contributed by atoms with Crippen LogP contribution in [0.25, 0.3) is 0 Å². The van der Waals surface area contributed by atoms with Gasteiger partial charge >= 0.3 is 5.97 Å². The topological polar surface area (TPSA) is 73.2 Å². The van der Waals surface area contributed by atoms with Crippen molar-refractivity contribution in [3.8, 4) is 0 Å². The first-order valence-corrected chi connectivity index (χ1v) is 6.89. The zero-order valence-electron chi connectivity index (χ0n) is 11.3. The number of carboxylic acids is 1. The monoisotopic (exact) mass is 267 g/mol. The van der Waals surface area contributed by atoms with E-state index < -0.39 is 5.97 Å². The number of hydrogen-bond donors (Lipinski definition) is 1. The van der Waals surface area contributed by atoms with Crippen molar-refractivity contribution in [1.29, 1.82) is 0 Å². The fourth-order valence-corrected chi connectivity index (χ4v) is 2.71. The SMILES string of the molecule is CN1CCCCC1CCN1N=C(C(=O)O)CCC1=O. The molecule has 2 heterocycles. The summed E-state index contributed by atoms with van der Waals surface area (Å²) in [5.41, 5.74) is 0.0941. The quantitative estimate of drug-likeness (QED) is 0.822. The fourth-order valence-electron chi connectivity index (χ4n) is 2.71. The standard InChI is InChI=1S/C13H21N3O3/c1-15-8-3-2-4-10(15)7-9-16-12(17)6-5-11(14-16)13(18)19/h10H,2-9H2,1H3,(H,18,19). The van der Waals surface area contributed by atoms with Gasteiger partial charge in [-0.15, -0.1) is 0 Å². The molecule has 0 spiro atoms. The lowest BCUT2D eigenvalue weighted by Gasteiger charge is -2.33. The average molecular weight is 267 g/mol. The Morgan fingerprint density at radius 2 is 2.21 bits per heavy atom. The molecule has 2 aliphatic heterocycles. The second-order valence-corrected chi connectivity index (χ2v) is 5.29. The van der Waals surface area contributed by atoms with E-state index in [0.29, 0.717) is 12.6 Å². The van der Waals surface area contributed by atoms with Crippen molar-refractivity contribution in [2.24, 2.45) is 5.10 Å². The van der Waals surface area contributed by atoms with E-state index in [2.05, 4.69) is 17.0 Å². The lowest BCUT2D eigenvalue weighted by atomic mass is 10.00. The van der Waals surface area contributed by atoms with Gasteiger partial charge in [0.15, 0.2) is 0 Å². The number of carboxylic acid groups (broad SMARTS) is 1. The number of carbonyl (C=O) groups excluding carboxylic acids is 1. The van der Waals surface area contributed by atoms with Gasteiger partial charge < -0.3 is 10.0 Å². The molecule has 1 amide bonds. The van der Waals surface area contributed by atoms with Gasteiger partial charge in [-0.3, -0.25) is 4.79 Å². The first-order chi connectivity index (χ1) is 9.08. The Labute approximate surface area is 113 Å². The molecule has 0 aliphatic carbocycles. The highest BCUT2D eigenvalue weighted by Gasteiger charge is 2.26. The summed E-state index contributed by atoms with van der Waals surface area (Å²) in [6.45, 7) is 1.62. The molecule has 19 heavy (non-hydrogen) atoms. The van der Waals surface area contributed by atoms with Gasteiger partial charge in [-0.2, -0.15) is 5.10 Å². The third-order valence-corrected chi connectivity index (χ3v) is 3.95. The highest BCUT2D eigenvalue weighted by atomic mass is 16.4. The Bertz CT molecular complexity index is 395. The Balaban J connectivity index is 1.91. The van der Waals surface area contributed by atoms with Gasteiger partial charge in [0, 0.05) is 25.4 Å². The molecule has 2 rings (SSSR count). The van der Waals surface area contributed by atoms with Gasteiger partial charge in [-0.25, -0.2) is 9.80 Å². The van der Waals surface area contributed by atoms with Crippen LogP contribution in [0.3, 0.4) is 0 Å². The number of hydrazone groups is 1. The van der Waals surface area contributed by atoms with Crippen LogP contribution in [-0.2, 0) is 9.59 Å². The summed E-state index contributed by atoms with van der Waals surface area (Å²) in [6, 6.07) is 0.479. The van der Waals surface area contributed by atoms with Crippen molar-refractivity contribution < 1.29 is 14.7 Å². The van der Waals surface area contributed by atoms with Gasteiger partial charge in [-0.1, -0.05) is 6.42 Å². The van der Waals surface area contributed by atoms with Crippen LogP contribution >= 0.6 is 0 Å². The van der Waals surface area contributed by atoms with Crippen molar-refractivity contribution in [1.82, 2.24) is 9.91 Å². The Kier molecular flexibility index (Phi) is 4.52. The summed E-state index contributed by atoms with van der Waals surface area (Å²) in [5, 5.41) is 14.2. The molecule has 1 unspecified atom stereocenters. The van der Waals surface area contributed by atoms with Crippen molar-refractivity contribution in [3.63, 3.8) is 0 Å². The summed E-state index contributed by atoms with van der Waals surface area (Å²) >= 11 is 0. The van der Waals surface area contributed by atoms with Crippen molar-refractivity contribution >= 4 is 17.6 Å². The smallest absolute Gasteiger partial charge is 0.352 e. The Morgan fingerprint density at radius 3 is 2.89 bits per heavy atom. The van der Waals surface area contributed by atoms with Crippen LogP contribution in [0.1, 0.15) is 38.5 Å². The lowest BCUT2D eigenvalue weighted by Crippen LogP contribution is -2.40. The Morgan fingerprint density at radius 1 is 1.42 bits per heavy atom. The molecule has 2 aliphatic rings. The van der Waals surface area contributed by atoms with Crippen LogP contribution < -0.4 is 0 Å². The number of likely N-dealkylation sites (tertiary alicyclic amines) is 1. The van der Waals surface area contributed by atoms with E-state index in [-0.39, 0.29) is 24.5 Å². The van der Waals surface area contributed by atoms with Crippen LogP contribution in [0, 0.1) is 0 Å². The number of carbonyl (C=O) groups is 2. The number of hydrogen-bond acceptors (Lipinski definition) is 4. The summed E-state index contributed by atoms with van der Waals surface area (Å²) in [4.78, 5) is 24.9. The van der Waals surface area contributed by atoms with E-state index in [0.717, 1.165) is 19.4 Å². The van der Waals surface area contributed by atoms with E-state index in [4.69, 9.17) is 5.11 Å². The van der Waals surface area contributed by atoms with E-state index in [9.17, 15) is 9.59 Å². The van der Waals surface area contributed by atoms with Crippen LogP contribution in [0.5, 0.6) is 0 Å². The van der Waals surface area contributed by atoms with Crippen molar-refractivity contribution in [2.45, 2.75) is 44.6 Å². The Hall–Kier alpha value is -1.43. The molecular weight excluding hydrogens is 246 g/mol. The van der Waals surface area contributed by atoms with E-state index in [1.807, 2.05) is 0 Å². The second kappa shape index (κ2) is 6.14. The third kappa shape index (κ3) is 3.53. The normalized spacial score (nSPS) is 25.3. The average Bonchev–Trinajstić information content (AvgIpc) is 2.39. The van der Waals surface area contributed by atoms with Gasteiger partial charge in [0.25, 0.3) is 0 Å². The maximum Gasteiger partial charge on any atom is 0.352 e. The minimum Gasteiger partial charge on any atom is -0.477 e. The summed E-state index contributed by atoms with van der Waals surface area (Å²) in [6.07, 6.45) is 4.97. The lowest BCUT2D eigenvalue weighted by molar-refractivity contribution is -0.133. The minimum atomic E-state index is -1.02. The van der Waals surface area contributed by atoms with E-state index in [1.165, 1.54) is 17.9 Å². The van der Waals surface area contributed by atoms with Crippen LogP contribution in [0.15, 0.2) is 5.10 Å². The number of nitrogens with zero attached hydrogens (tertiary/aromatic N) is 3. The maximum absolute atomic E-state index is 11.7. The number of aliphatic carboxylic acids is 1. The minimum absolute atomic E-state index is 0.0662. The predicted octanol–water partition coefficient (Wildman–Crippen LogP) is 0.924. The van der Waals surface area contributed by atoms with Crippen molar-refractivity contribution in [3.05, 3.63) is 0 Å². The van der Waals surface area contributed by atoms with E-state index >= 15 is 0 Å². The number of amides is 1. The third-order valence-electron chi connectivity index (χ3n) is 3.95. The molecule has 1 atom stereocenters. The molecule has 0 saturated carbocycles. The number of rotatable bonds is 4. The molecule has 6 heteroatoms. The molecule has 0 aromatic carbocycles. The molecule has 106 valence electrons. The second-order valence-electron chi connectivity index (χ2n) is 5.29. The largest absolute Gasteiger partial charge is 0.477 e. The van der Waals surface area contributed by atoms with Gasteiger partial charge in [0.05, 0.1) is 0 Å². The molecule has 1 N–H and O–H groups in total. The summed E-state index contributed by atoms with van der Waals surface area (Å²) < 4.78 is 0. The number of piperidine rings is 1.